The van der Waals surface area contributed by atoms with Crippen LogP contribution in [0.1, 0.15) is 6.85 Å². The Morgan fingerprint density at radius 2 is 1.00 bits per heavy atom. The van der Waals surface area contributed by atoms with Gasteiger partial charge in [0.25, 0.3) is 0 Å². The highest BCUT2D eigenvalue weighted by molar-refractivity contribution is 6.26. The van der Waals surface area contributed by atoms with Crippen molar-refractivity contribution in [2.45, 2.75) is 0 Å². The number of benzene rings is 9. The molecule has 0 saturated heterocycles. The van der Waals surface area contributed by atoms with Crippen LogP contribution >= 0.6 is 0 Å². The number of rotatable bonds is 4. The zero-order chi connectivity index (χ0) is 36.7. The van der Waals surface area contributed by atoms with Crippen molar-refractivity contribution in [2.24, 2.45) is 0 Å². The second-order valence-electron chi connectivity index (χ2n) is 12.4. The van der Waals surface area contributed by atoms with Gasteiger partial charge in [-0.3, -0.25) is 0 Å². The summed E-state index contributed by atoms with van der Waals surface area (Å²) in [5.41, 5.74) is 8.38. The maximum atomic E-state index is 8.83. The van der Waals surface area contributed by atoms with Crippen LogP contribution < -0.4 is 0 Å². The summed E-state index contributed by atoms with van der Waals surface area (Å²) in [6.07, 6.45) is 0. The van der Waals surface area contributed by atoms with Gasteiger partial charge < -0.3 is 4.42 Å². The molecule has 49 heavy (non-hydrogen) atoms. The van der Waals surface area contributed by atoms with E-state index in [4.69, 9.17) is 11.3 Å². The van der Waals surface area contributed by atoms with Gasteiger partial charge in [0.1, 0.15) is 11.2 Å². The second kappa shape index (κ2) is 11.1. The predicted octanol–water partition coefficient (Wildman–Crippen LogP) is 13.7. The topological polar surface area (TPSA) is 13.1 Å². The third-order valence-electron chi connectivity index (χ3n) is 9.73. The van der Waals surface area contributed by atoms with E-state index in [9.17, 15) is 0 Å². The first-order chi connectivity index (χ1) is 26.4. The van der Waals surface area contributed by atoms with Crippen molar-refractivity contribution in [2.75, 3.05) is 0 Å². The fourth-order valence-corrected chi connectivity index (χ4v) is 7.61. The highest BCUT2D eigenvalue weighted by atomic mass is 16.3. The molecule has 10 aromatic rings. The molecule has 0 saturated carbocycles. The van der Waals surface area contributed by atoms with E-state index in [1.54, 1.807) is 0 Å². The normalized spacial score (nSPS) is 13.1. The van der Waals surface area contributed by atoms with Gasteiger partial charge in [0, 0.05) is 10.8 Å². The van der Waals surface area contributed by atoms with Gasteiger partial charge in [-0.25, -0.2) is 0 Å². The molecule has 1 heteroatoms. The number of fused-ring (bicyclic) bond motifs is 6. The molecule has 0 aliphatic heterocycles. The van der Waals surface area contributed by atoms with E-state index in [0.717, 1.165) is 87.6 Å². The zero-order valence-electron chi connectivity index (χ0n) is 31.3. The van der Waals surface area contributed by atoms with E-state index in [1.165, 1.54) is 0 Å². The highest BCUT2D eigenvalue weighted by Crippen LogP contribution is 2.48. The Labute approximate surface area is 291 Å². The molecule has 0 atom stereocenters. The van der Waals surface area contributed by atoms with E-state index in [2.05, 4.69) is 97.1 Å². The highest BCUT2D eigenvalue weighted by Gasteiger charge is 2.21. The summed E-state index contributed by atoms with van der Waals surface area (Å²) in [5, 5.41) is 8.82. The Kier molecular flexibility index (Phi) is 5.20. The summed E-state index contributed by atoms with van der Waals surface area (Å²) in [6, 6.07) is 50.4. The summed E-state index contributed by atoms with van der Waals surface area (Å²) in [6.45, 7) is 0. The molecule has 0 N–H and O–H groups in total. The minimum atomic E-state index is -0.405. The van der Waals surface area contributed by atoms with Crippen molar-refractivity contribution < 1.29 is 11.3 Å². The van der Waals surface area contributed by atoms with E-state index in [0.29, 0.717) is 5.56 Å². The molecular formula is C48H30O. The Balaban J connectivity index is 1.28. The predicted molar refractivity (Wildman–Crippen MR) is 208 cm³/mol. The first-order valence-corrected chi connectivity index (χ1v) is 16.4. The largest absolute Gasteiger partial charge is 0.456 e. The molecule has 228 valence electrons. The van der Waals surface area contributed by atoms with Crippen LogP contribution in [0.25, 0.3) is 98.8 Å². The lowest BCUT2D eigenvalue weighted by Crippen LogP contribution is -1.93. The summed E-state index contributed by atoms with van der Waals surface area (Å²) in [7, 11) is 0. The maximum Gasteiger partial charge on any atom is 0.136 e. The van der Waals surface area contributed by atoms with Gasteiger partial charge in [-0.15, -0.1) is 0 Å². The molecule has 1 nitrogen and oxygen atoms in total. The van der Waals surface area contributed by atoms with Crippen molar-refractivity contribution in [1.29, 1.82) is 0 Å². The fourth-order valence-electron chi connectivity index (χ4n) is 7.61. The lowest BCUT2D eigenvalue weighted by atomic mass is 9.83. The van der Waals surface area contributed by atoms with Gasteiger partial charge in [-0.1, -0.05) is 158 Å². The quantitative estimate of drug-likeness (QED) is 0.177. The lowest BCUT2D eigenvalue weighted by Gasteiger charge is -2.19. The molecule has 0 spiro atoms. The second-order valence-corrected chi connectivity index (χ2v) is 12.4. The van der Waals surface area contributed by atoms with Crippen LogP contribution in [0.5, 0.6) is 0 Å². The van der Waals surface area contributed by atoms with Crippen LogP contribution in [0.15, 0.2) is 186 Å². The van der Waals surface area contributed by atoms with Crippen LogP contribution in [-0.4, -0.2) is 0 Å². The van der Waals surface area contributed by atoms with Crippen molar-refractivity contribution in [1.82, 2.24) is 0 Å². The minimum absolute atomic E-state index is 0.185. The Morgan fingerprint density at radius 3 is 1.71 bits per heavy atom. The standard InChI is InChI=1S/C48H30O/c1-3-14-31(15-4-1)36-27-26-35(29-42(36)32-16-5-2-6-17-32)46-37-20-9-11-22-39(37)47(40-23-12-10-21-38(40)46)41-24-13-25-44-48(41)43-28-33-18-7-8-19-34(33)30-45(43)49-44/h1-30H/i1D,3D,4D,14D,15D. The lowest BCUT2D eigenvalue weighted by molar-refractivity contribution is 0.669. The van der Waals surface area contributed by atoms with Gasteiger partial charge in [0.15, 0.2) is 0 Å². The van der Waals surface area contributed by atoms with Crippen LogP contribution in [0, 0.1) is 0 Å². The molecule has 9 aromatic carbocycles. The Bertz CT molecular complexity index is 3080. The number of hydrogen-bond acceptors (Lipinski definition) is 1. The average molecular weight is 628 g/mol. The average Bonchev–Trinajstić information content (AvgIpc) is 3.58. The third kappa shape index (κ3) is 4.40. The molecule has 0 amide bonds. The molecule has 0 radical (unpaired) electrons. The fraction of sp³-hybridized carbons (Fsp3) is 0. The first kappa shape index (κ1) is 23.0. The van der Waals surface area contributed by atoms with Crippen LogP contribution in [0.3, 0.4) is 0 Å². The van der Waals surface area contributed by atoms with E-state index >= 15 is 0 Å². The molecule has 0 unspecified atom stereocenters. The van der Waals surface area contributed by atoms with Crippen LogP contribution in [0.4, 0.5) is 0 Å². The third-order valence-corrected chi connectivity index (χ3v) is 9.73. The van der Waals surface area contributed by atoms with Crippen molar-refractivity contribution >= 4 is 54.3 Å². The molecule has 0 bridgehead atoms. The van der Waals surface area contributed by atoms with Gasteiger partial charge in [-0.05, 0) is 101 Å². The van der Waals surface area contributed by atoms with Gasteiger partial charge in [0.05, 0.1) is 6.85 Å². The minimum Gasteiger partial charge on any atom is -0.456 e. The smallest absolute Gasteiger partial charge is 0.136 e. The first-order valence-electron chi connectivity index (χ1n) is 18.9. The molecule has 0 fully saturated rings. The van der Waals surface area contributed by atoms with Crippen LogP contribution in [-0.2, 0) is 0 Å². The molecule has 1 heterocycles. The van der Waals surface area contributed by atoms with Gasteiger partial charge >= 0.3 is 0 Å². The zero-order valence-corrected chi connectivity index (χ0v) is 26.3. The van der Waals surface area contributed by atoms with E-state index < -0.39 is 6.04 Å². The molecule has 0 aliphatic carbocycles. The van der Waals surface area contributed by atoms with Crippen molar-refractivity contribution in [3.63, 3.8) is 0 Å². The molecular weight excluding hydrogens is 593 g/mol. The number of furan rings is 1. The van der Waals surface area contributed by atoms with E-state index in [-0.39, 0.29) is 29.7 Å². The van der Waals surface area contributed by atoms with Gasteiger partial charge in [-0.2, -0.15) is 0 Å². The van der Waals surface area contributed by atoms with Crippen molar-refractivity contribution in [3.05, 3.63) is 182 Å². The SMILES string of the molecule is [2H]c1c([2H])c([2H])c(-c2ccc(-c3c4ccccc4c(-c4cccc5oc6cc7ccccc7cc6c45)c4ccccc34)cc2-c2ccccc2)c([2H])c1[2H]. The molecule has 10 rings (SSSR count). The molecule has 1 aromatic heterocycles. The summed E-state index contributed by atoms with van der Waals surface area (Å²) >= 11 is 0. The summed E-state index contributed by atoms with van der Waals surface area (Å²) < 4.78 is 49.2. The van der Waals surface area contributed by atoms with Gasteiger partial charge in [0.2, 0.25) is 0 Å². The summed E-state index contributed by atoms with van der Waals surface area (Å²) in [5.74, 6) is 0. The summed E-state index contributed by atoms with van der Waals surface area (Å²) in [4.78, 5) is 0. The monoisotopic (exact) mass is 627 g/mol. The molecule has 0 aliphatic rings. The Hall–Kier alpha value is -6.44. The maximum absolute atomic E-state index is 8.83. The number of hydrogen-bond donors (Lipinski definition) is 0. The van der Waals surface area contributed by atoms with Crippen molar-refractivity contribution in [3.8, 4) is 44.5 Å². The van der Waals surface area contributed by atoms with Crippen LogP contribution in [0.2, 0.25) is 0 Å². The Morgan fingerprint density at radius 1 is 0.367 bits per heavy atom. The van der Waals surface area contributed by atoms with E-state index in [1.807, 2.05) is 54.6 Å².